The van der Waals surface area contributed by atoms with E-state index in [-0.39, 0.29) is 6.61 Å². The third kappa shape index (κ3) is 3.34. The van der Waals surface area contributed by atoms with E-state index in [4.69, 9.17) is 4.42 Å². The Hall–Kier alpha value is -1.37. The number of aliphatic hydroxyl groups excluding tert-OH is 1. The largest absolute Gasteiger partial charge is 0.458 e. The minimum Gasteiger partial charge on any atom is -0.458 e. The zero-order chi connectivity index (χ0) is 14.0. The molecular weight excluding hydrogens is 268 g/mol. The van der Waals surface area contributed by atoms with E-state index < -0.39 is 16.2 Å². The molecule has 0 saturated heterocycles. The number of hydrogen-bond acceptors (Lipinski definition) is 5. The van der Waals surface area contributed by atoms with Crippen LogP contribution in [0.25, 0.3) is 11.0 Å². The molecule has 2 aromatic rings. The highest BCUT2D eigenvalue weighted by Crippen LogP contribution is 2.27. The van der Waals surface area contributed by atoms with Crippen molar-refractivity contribution in [3.8, 4) is 0 Å². The Morgan fingerprint density at radius 3 is 2.79 bits per heavy atom. The van der Waals surface area contributed by atoms with Gasteiger partial charge in [-0.3, -0.25) is 4.18 Å². The van der Waals surface area contributed by atoms with E-state index in [2.05, 4.69) is 4.18 Å². The summed E-state index contributed by atoms with van der Waals surface area (Å²) < 4.78 is 31.9. The smallest absolute Gasteiger partial charge is 0.264 e. The van der Waals surface area contributed by atoms with Crippen molar-refractivity contribution in [3.63, 3.8) is 0 Å². The summed E-state index contributed by atoms with van der Waals surface area (Å²) in [6.45, 7) is 1.67. The van der Waals surface area contributed by atoms with Crippen molar-refractivity contribution in [1.82, 2.24) is 0 Å². The molecule has 0 spiro atoms. The Labute approximate surface area is 111 Å². The van der Waals surface area contributed by atoms with Crippen LogP contribution in [0.15, 0.2) is 28.7 Å². The Kier molecular flexibility index (Phi) is 3.93. The number of rotatable bonds is 5. The Morgan fingerprint density at radius 2 is 2.16 bits per heavy atom. The highest BCUT2D eigenvalue weighted by Gasteiger charge is 2.17. The van der Waals surface area contributed by atoms with Crippen LogP contribution in [0.5, 0.6) is 0 Å². The molecule has 0 aliphatic rings. The van der Waals surface area contributed by atoms with Crippen molar-refractivity contribution in [2.75, 3.05) is 12.9 Å². The molecule has 19 heavy (non-hydrogen) atoms. The van der Waals surface area contributed by atoms with Gasteiger partial charge in [-0.05, 0) is 18.1 Å². The molecule has 1 heterocycles. The van der Waals surface area contributed by atoms with Crippen LogP contribution >= 0.6 is 0 Å². The van der Waals surface area contributed by atoms with Crippen molar-refractivity contribution in [2.24, 2.45) is 0 Å². The molecule has 1 atom stereocenters. The maximum Gasteiger partial charge on any atom is 0.264 e. The molecule has 0 unspecified atom stereocenters. The first-order valence-corrected chi connectivity index (χ1v) is 7.76. The lowest BCUT2D eigenvalue weighted by Gasteiger charge is -2.06. The summed E-state index contributed by atoms with van der Waals surface area (Å²) in [6, 6.07) is 7.45. The number of hydrogen-bond donors (Lipinski definition) is 1. The fourth-order valence-corrected chi connectivity index (χ4v) is 2.23. The predicted molar refractivity (Wildman–Crippen MR) is 71.3 cm³/mol. The molecule has 0 saturated carbocycles. The summed E-state index contributed by atoms with van der Waals surface area (Å²) in [6.07, 6.45) is 0.653. The topological polar surface area (TPSA) is 76.7 Å². The minimum atomic E-state index is -3.57. The lowest BCUT2D eigenvalue weighted by atomic mass is 10.1. The van der Waals surface area contributed by atoms with Crippen molar-refractivity contribution in [2.45, 2.75) is 19.4 Å². The fraction of sp³-hybridized carbons (Fsp3) is 0.385. The SMILES string of the molecule is CCc1cccc2cc([C@@H](O)COS(C)(=O)=O)oc12. The normalized spacial score (nSPS) is 13.8. The van der Waals surface area contributed by atoms with Gasteiger partial charge >= 0.3 is 0 Å². The minimum absolute atomic E-state index is 0.305. The standard InChI is InChI=1S/C13H16O5S/c1-3-9-5-4-6-10-7-12(18-13(9)10)11(14)8-17-19(2,15)16/h4-7,11,14H,3,8H2,1-2H3/t11-/m0/s1. The first kappa shape index (κ1) is 14.0. The maximum atomic E-state index is 10.9. The van der Waals surface area contributed by atoms with Crippen LogP contribution < -0.4 is 0 Å². The van der Waals surface area contributed by atoms with Crippen molar-refractivity contribution >= 4 is 21.1 Å². The van der Waals surface area contributed by atoms with Gasteiger partial charge in [0.25, 0.3) is 10.1 Å². The first-order valence-electron chi connectivity index (χ1n) is 5.94. The molecule has 0 fully saturated rings. The van der Waals surface area contributed by atoms with Gasteiger partial charge in [-0.2, -0.15) is 8.42 Å². The van der Waals surface area contributed by atoms with Gasteiger partial charge in [0.05, 0.1) is 12.9 Å². The molecular formula is C13H16O5S. The monoisotopic (exact) mass is 284 g/mol. The highest BCUT2D eigenvalue weighted by atomic mass is 32.2. The first-order chi connectivity index (χ1) is 8.90. The lowest BCUT2D eigenvalue weighted by Crippen LogP contribution is -2.11. The molecule has 1 aromatic carbocycles. The van der Waals surface area contributed by atoms with Crippen LogP contribution in [0.4, 0.5) is 0 Å². The van der Waals surface area contributed by atoms with Crippen molar-refractivity contribution in [1.29, 1.82) is 0 Å². The van der Waals surface area contributed by atoms with Gasteiger partial charge < -0.3 is 9.52 Å². The average molecular weight is 284 g/mol. The van der Waals surface area contributed by atoms with Gasteiger partial charge in [0.2, 0.25) is 0 Å². The third-order valence-electron chi connectivity index (χ3n) is 2.79. The third-order valence-corrected chi connectivity index (χ3v) is 3.36. The average Bonchev–Trinajstić information content (AvgIpc) is 2.78. The number of aryl methyl sites for hydroxylation is 1. The molecule has 1 aromatic heterocycles. The summed E-state index contributed by atoms with van der Waals surface area (Å²) in [4.78, 5) is 0. The second-order valence-electron chi connectivity index (χ2n) is 4.34. The maximum absolute atomic E-state index is 10.9. The van der Waals surface area contributed by atoms with E-state index in [1.807, 2.05) is 25.1 Å². The molecule has 1 N–H and O–H groups in total. The van der Waals surface area contributed by atoms with E-state index in [1.165, 1.54) is 0 Å². The number of fused-ring (bicyclic) bond motifs is 1. The van der Waals surface area contributed by atoms with Gasteiger partial charge in [0.15, 0.2) is 0 Å². The summed E-state index contributed by atoms with van der Waals surface area (Å²) in [7, 11) is -3.57. The molecule has 104 valence electrons. The van der Waals surface area contributed by atoms with Gasteiger partial charge in [0, 0.05) is 5.39 Å². The van der Waals surface area contributed by atoms with Gasteiger partial charge in [-0.25, -0.2) is 0 Å². The highest BCUT2D eigenvalue weighted by molar-refractivity contribution is 7.85. The van der Waals surface area contributed by atoms with E-state index in [0.29, 0.717) is 5.76 Å². The van der Waals surface area contributed by atoms with Gasteiger partial charge in [0.1, 0.15) is 17.4 Å². The second kappa shape index (κ2) is 5.32. The zero-order valence-electron chi connectivity index (χ0n) is 10.8. The molecule has 6 heteroatoms. The molecule has 5 nitrogen and oxygen atoms in total. The van der Waals surface area contributed by atoms with Gasteiger partial charge in [-0.1, -0.05) is 25.1 Å². The van der Waals surface area contributed by atoms with Crippen LogP contribution in [0.3, 0.4) is 0 Å². The molecule has 2 rings (SSSR count). The lowest BCUT2D eigenvalue weighted by molar-refractivity contribution is 0.0937. The Morgan fingerprint density at radius 1 is 1.42 bits per heavy atom. The van der Waals surface area contributed by atoms with E-state index in [0.717, 1.165) is 29.2 Å². The van der Waals surface area contributed by atoms with Crippen molar-refractivity contribution < 1.29 is 22.1 Å². The van der Waals surface area contributed by atoms with Crippen LogP contribution in [-0.2, 0) is 20.7 Å². The molecule has 0 radical (unpaired) electrons. The summed E-state index contributed by atoms with van der Waals surface area (Å²) >= 11 is 0. The summed E-state index contributed by atoms with van der Waals surface area (Å²) in [5.41, 5.74) is 1.76. The molecule has 0 bridgehead atoms. The molecule has 0 aliphatic heterocycles. The number of benzene rings is 1. The number of aliphatic hydroxyl groups is 1. The molecule has 0 aliphatic carbocycles. The van der Waals surface area contributed by atoms with Crippen LogP contribution in [-0.4, -0.2) is 26.4 Å². The number of para-hydroxylation sites is 1. The quantitative estimate of drug-likeness (QED) is 0.850. The van der Waals surface area contributed by atoms with Crippen LogP contribution in [0, 0.1) is 0 Å². The molecule has 0 amide bonds. The second-order valence-corrected chi connectivity index (χ2v) is 5.99. The summed E-state index contributed by atoms with van der Waals surface area (Å²) in [5, 5.41) is 10.7. The fourth-order valence-electron chi connectivity index (χ4n) is 1.86. The van der Waals surface area contributed by atoms with Crippen LogP contribution in [0.1, 0.15) is 24.4 Å². The van der Waals surface area contributed by atoms with E-state index in [1.54, 1.807) is 6.07 Å². The van der Waals surface area contributed by atoms with E-state index >= 15 is 0 Å². The van der Waals surface area contributed by atoms with Crippen molar-refractivity contribution in [3.05, 3.63) is 35.6 Å². The zero-order valence-corrected chi connectivity index (χ0v) is 11.6. The van der Waals surface area contributed by atoms with E-state index in [9.17, 15) is 13.5 Å². The van der Waals surface area contributed by atoms with Crippen LogP contribution in [0.2, 0.25) is 0 Å². The Bertz CT molecular complexity index is 671. The van der Waals surface area contributed by atoms with Gasteiger partial charge in [-0.15, -0.1) is 0 Å². The Balaban J connectivity index is 2.26. The number of furan rings is 1. The predicted octanol–water partition coefficient (Wildman–Crippen LogP) is 2.00. The summed E-state index contributed by atoms with van der Waals surface area (Å²) in [5.74, 6) is 0.305.